The largest absolute Gasteiger partial charge is 0.487 e. The number of benzene rings is 2. The van der Waals surface area contributed by atoms with Crippen LogP contribution < -0.4 is 20.7 Å². The number of amides is 1. The molecule has 5 nitrogen and oxygen atoms in total. The molecule has 1 aliphatic heterocycles. The average Bonchev–Trinajstić information content (AvgIpc) is 2.55. The van der Waals surface area contributed by atoms with Crippen LogP contribution >= 0.6 is 0 Å². The van der Waals surface area contributed by atoms with Crippen molar-refractivity contribution < 1.29 is 9.53 Å². The average molecular weight is 325 g/mol. The van der Waals surface area contributed by atoms with Crippen LogP contribution in [0.25, 0.3) is 0 Å². The van der Waals surface area contributed by atoms with Gasteiger partial charge in [-0.2, -0.15) is 0 Å². The first-order valence-corrected chi connectivity index (χ1v) is 8.23. The molecule has 1 heterocycles. The van der Waals surface area contributed by atoms with Gasteiger partial charge in [-0.25, -0.2) is 0 Å². The summed E-state index contributed by atoms with van der Waals surface area (Å²) in [6.45, 7) is 3.63. The summed E-state index contributed by atoms with van der Waals surface area (Å²) in [5, 5.41) is 2.99. The van der Waals surface area contributed by atoms with Crippen molar-refractivity contribution in [2.45, 2.75) is 19.4 Å². The van der Waals surface area contributed by atoms with Gasteiger partial charge in [-0.05, 0) is 31.0 Å². The van der Waals surface area contributed by atoms with Crippen molar-refractivity contribution in [1.29, 1.82) is 0 Å². The fraction of sp³-hybridized carbons (Fsp3) is 0.316. The van der Waals surface area contributed by atoms with Crippen LogP contribution in [0.4, 0.5) is 11.4 Å². The predicted molar refractivity (Wildman–Crippen MR) is 96.3 cm³/mol. The van der Waals surface area contributed by atoms with Crippen molar-refractivity contribution >= 4 is 17.3 Å². The second-order valence-corrected chi connectivity index (χ2v) is 6.12. The quantitative estimate of drug-likeness (QED) is 0.827. The Balaban J connectivity index is 1.56. The summed E-state index contributed by atoms with van der Waals surface area (Å²) in [7, 11) is 0. The first-order valence-electron chi connectivity index (χ1n) is 8.23. The summed E-state index contributed by atoms with van der Waals surface area (Å²) in [4.78, 5) is 14.3. The first kappa shape index (κ1) is 16.2. The number of nitrogen functional groups attached to an aromatic ring is 1. The molecule has 0 aromatic heterocycles. The Morgan fingerprint density at radius 3 is 2.88 bits per heavy atom. The smallest absolute Gasteiger partial charge is 0.239 e. The molecule has 0 aliphatic carbocycles. The molecule has 1 amide bonds. The fourth-order valence-corrected chi connectivity index (χ4v) is 2.92. The second kappa shape index (κ2) is 7.25. The van der Waals surface area contributed by atoms with Crippen LogP contribution in [0.15, 0.2) is 48.5 Å². The summed E-state index contributed by atoms with van der Waals surface area (Å²) in [6, 6.07) is 15.7. The lowest BCUT2D eigenvalue weighted by Gasteiger charge is -2.34. The Bertz CT molecular complexity index is 703. The molecule has 2 aromatic carbocycles. The third-order valence-electron chi connectivity index (χ3n) is 4.04. The number of rotatable bonds is 5. The van der Waals surface area contributed by atoms with Gasteiger partial charge in [-0.1, -0.05) is 30.3 Å². The Morgan fingerprint density at radius 1 is 1.29 bits per heavy atom. The zero-order valence-electron chi connectivity index (χ0n) is 13.9. The summed E-state index contributed by atoms with van der Waals surface area (Å²) >= 11 is 0. The van der Waals surface area contributed by atoms with Crippen LogP contribution in [0.3, 0.4) is 0 Å². The normalized spacial score (nSPS) is 16.2. The van der Waals surface area contributed by atoms with Gasteiger partial charge in [0.15, 0.2) is 0 Å². The van der Waals surface area contributed by atoms with Crippen LogP contribution in [0.1, 0.15) is 12.5 Å². The topological polar surface area (TPSA) is 67.6 Å². The van der Waals surface area contributed by atoms with E-state index in [1.54, 1.807) is 0 Å². The number of carbonyl (C=O) groups is 1. The summed E-state index contributed by atoms with van der Waals surface area (Å²) in [5.74, 6) is 0.758. The van der Waals surface area contributed by atoms with Crippen molar-refractivity contribution in [3.05, 3.63) is 54.1 Å². The molecule has 0 spiro atoms. The van der Waals surface area contributed by atoms with E-state index in [9.17, 15) is 4.79 Å². The zero-order chi connectivity index (χ0) is 16.9. The van der Waals surface area contributed by atoms with E-state index in [-0.39, 0.29) is 12.0 Å². The van der Waals surface area contributed by atoms with E-state index in [0.717, 1.165) is 17.9 Å². The molecule has 5 heteroatoms. The minimum absolute atomic E-state index is 0.0165. The molecule has 0 saturated carbocycles. The van der Waals surface area contributed by atoms with E-state index >= 15 is 0 Å². The minimum Gasteiger partial charge on any atom is -0.487 e. The number of hydrogen-bond acceptors (Lipinski definition) is 4. The maximum absolute atomic E-state index is 12.3. The van der Waals surface area contributed by atoms with E-state index in [1.165, 1.54) is 5.56 Å². The fourth-order valence-electron chi connectivity index (χ4n) is 2.92. The van der Waals surface area contributed by atoms with Gasteiger partial charge in [0.1, 0.15) is 11.9 Å². The zero-order valence-corrected chi connectivity index (χ0v) is 13.9. The van der Waals surface area contributed by atoms with Gasteiger partial charge >= 0.3 is 0 Å². The van der Waals surface area contributed by atoms with Gasteiger partial charge in [0, 0.05) is 18.3 Å². The molecule has 0 saturated heterocycles. The number of nitrogens with two attached hydrogens (primary N) is 1. The van der Waals surface area contributed by atoms with Crippen molar-refractivity contribution in [3.63, 3.8) is 0 Å². The van der Waals surface area contributed by atoms with Crippen LogP contribution in [-0.4, -0.2) is 31.6 Å². The van der Waals surface area contributed by atoms with Crippen molar-refractivity contribution in [2.24, 2.45) is 0 Å². The van der Waals surface area contributed by atoms with Crippen molar-refractivity contribution in [2.75, 3.05) is 30.3 Å². The van der Waals surface area contributed by atoms with E-state index in [4.69, 9.17) is 10.5 Å². The molecule has 3 N–H and O–H groups in total. The number of fused-ring (bicyclic) bond motifs is 1. The number of hydrogen-bond donors (Lipinski definition) is 2. The van der Waals surface area contributed by atoms with Gasteiger partial charge in [-0.15, -0.1) is 0 Å². The Hall–Kier alpha value is -2.69. The summed E-state index contributed by atoms with van der Waals surface area (Å²) in [6.07, 6.45) is 0.857. The first-order chi connectivity index (χ1) is 11.6. The molecule has 2 aromatic rings. The molecule has 1 atom stereocenters. The third-order valence-corrected chi connectivity index (χ3v) is 4.04. The molecule has 0 radical (unpaired) electrons. The molecule has 0 fully saturated rings. The van der Waals surface area contributed by atoms with E-state index in [1.807, 2.05) is 48.2 Å². The van der Waals surface area contributed by atoms with Gasteiger partial charge in [0.05, 0.1) is 18.8 Å². The molecule has 24 heavy (non-hydrogen) atoms. The lowest BCUT2D eigenvalue weighted by Crippen LogP contribution is -2.44. The lowest BCUT2D eigenvalue weighted by molar-refractivity contribution is -0.119. The molecule has 126 valence electrons. The maximum Gasteiger partial charge on any atom is 0.239 e. The summed E-state index contributed by atoms with van der Waals surface area (Å²) in [5.41, 5.74) is 8.62. The van der Waals surface area contributed by atoms with E-state index in [0.29, 0.717) is 25.3 Å². The van der Waals surface area contributed by atoms with Crippen LogP contribution in [-0.2, 0) is 11.2 Å². The molecule has 1 aliphatic rings. The van der Waals surface area contributed by atoms with Gasteiger partial charge in [-0.3, -0.25) is 4.79 Å². The molecule has 0 bridgehead atoms. The van der Waals surface area contributed by atoms with Crippen molar-refractivity contribution in [3.8, 4) is 5.75 Å². The highest BCUT2D eigenvalue weighted by Gasteiger charge is 2.24. The monoisotopic (exact) mass is 325 g/mol. The Morgan fingerprint density at radius 2 is 2.08 bits per heavy atom. The number of nitrogens with one attached hydrogen (secondary N) is 1. The Kier molecular flexibility index (Phi) is 4.89. The predicted octanol–water partition coefficient (Wildman–Crippen LogP) is 2.21. The minimum atomic E-state index is 0.0165. The highest BCUT2D eigenvalue weighted by atomic mass is 16.5. The molecule has 3 rings (SSSR count). The second-order valence-electron chi connectivity index (χ2n) is 6.12. The number of ether oxygens (including phenoxy) is 1. The van der Waals surface area contributed by atoms with Crippen LogP contribution in [0, 0.1) is 0 Å². The Labute approximate surface area is 142 Å². The molecular formula is C19H23N3O2. The maximum atomic E-state index is 12.3. The number of carbonyl (C=O) groups excluding carboxylic acids is 1. The standard InChI is InChI=1S/C19H23N3O2/c1-14-12-22(17-8-7-16(20)11-18(17)24-14)13-19(23)21-10-9-15-5-3-2-4-6-15/h2-8,11,14H,9-10,12-13,20H2,1H3,(H,21,23). The van der Waals surface area contributed by atoms with Crippen molar-refractivity contribution in [1.82, 2.24) is 5.32 Å². The van der Waals surface area contributed by atoms with Gasteiger partial charge in [0.2, 0.25) is 5.91 Å². The van der Waals surface area contributed by atoms with Gasteiger partial charge < -0.3 is 20.7 Å². The van der Waals surface area contributed by atoms with E-state index < -0.39 is 0 Å². The lowest BCUT2D eigenvalue weighted by atomic mass is 10.1. The molecule has 1 unspecified atom stereocenters. The number of anilines is 2. The highest BCUT2D eigenvalue weighted by molar-refractivity contribution is 5.82. The van der Waals surface area contributed by atoms with Crippen LogP contribution in [0.5, 0.6) is 5.75 Å². The van der Waals surface area contributed by atoms with Crippen LogP contribution in [0.2, 0.25) is 0 Å². The summed E-state index contributed by atoms with van der Waals surface area (Å²) < 4.78 is 5.81. The van der Waals surface area contributed by atoms with Gasteiger partial charge in [0.25, 0.3) is 0 Å². The SMILES string of the molecule is CC1CN(CC(=O)NCCc2ccccc2)c2ccc(N)cc2O1. The number of nitrogens with zero attached hydrogens (tertiary/aromatic N) is 1. The van der Waals surface area contributed by atoms with E-state index in [2.05, 4.69) is 17.4 Å². The third kappa shape index (κ3) is 3.98. The molecular weight excluding hydrogens is 302 g/mol. The highest BCUT2D eigenvalue weighted by Crippen LogP contribution is 2.34.